The standard InChI is InChI=1S/C13H9ClN2O4/c14-9-6-7(3-4-10(9)17)12(18)16-11-8(13(19)20)2-1-5-15-11/h1-6,17H,(H,19,20)(H,15,16,18). The number of anilines is 1. The molecule has 0 atom stereocenters. The molecule has 6 nitrogen and oxygen atoms in total. The van der Waals surface area contributed by atoms with Crippen LogP contribution in [0, 0.1) is 0 Å². The minimum atomic E-state index is -1.20. The van der Waals surface area contributed by atoms with Crippen molar-refractivity contribution in [3.05, 3.63) is 52.7 Å². The normalized spacial score (nSPS) is 10.1. The number of benzene rings is 1. The number of hydrogen-bond donors (Lipinski definition) is 3. The van der Waals surface area contributed by atoms with Crippen LogP contribution in [0.4, 0.5) is 5.82 Å². The first kappa shape index (κ1) is 13.8. The van der Waals surface area contributed by atoms with E-state index in [1.54, 1.807) is 0 Å². The van der Waals surface area contributed by atoms with Gasteiger partial charge in [0.1, 0.15) is 17.1 Å². The summed E-state index contributed by atoms with van der Waals surface area (Å²) < 4.78 is 0. The van der Waals surface area contributed by atoms with Crippen molar-refractivity contribution in [3.8, 4) is 5.75 Å². The zero-order valence-corrected chi connectivity index (χ0v) is 10.8. The summed E-state index contributed by atoms with van der Waals surface area (Å²) in [5, 5.41) is 20.7. The number of rotatable bonds is 3. The lowest BCUT2D eigenvalue weighted by Gasteiger charge is -2.07. The van der Waals surface area contributed by atoms with Crippen LogP contribution >= 0.6 is 11.6 Å². The summed E-state index contributed by atoms with van der Waals surface area (Å²) in [5.41, 5.74) is 0.0560. The SMILES string of the molecule is O=C(Nc1ncccc1C(=O)O)c1ccc(O)c(Cl)c1. The monoisotopic (exact) mass is 292 g/mol. The first-order valence-corrected chi connectivity index (χ1v) is 5.85. The number of nitrogens with one attached hydrogen (secondary N) is 1. The highest BCUT2D eigenvalue weighted by molar-refractivity contribution is 6.32. The van der Waals surface area contributed by atoms with Crippen molar-refractivity contribution in [2.24, 2.45) is 0 Å². The predicted molar refractivity (Wildman–Crippen MR) is 72.3 cm³/mol. The molecule has 2 aromatic rings. The van der Waals surface area contributed by atoms with Gasteiger partial charge >= 0.3 is 5.97 Å². The topological polar surface area (TPSA) is 99.5 Å². The number of aromatic carboxylic acids is 1. The smallest absolute Gasteiger partial charge is 0.339 e. The van der Waals surface area contributed by atoms with Crippen LogP contribution in [-0.4, -0.2) is 27.1 Å². The molecular formula is C13H9ClN2O4. The maximum atomic E-state index is 12.0. The molecule has 3 N–H and O–H groups in total. The van der Waals surface area contributed by atoms with Crippen LogP contribution in [0.5, 0.6) is 5.75 Å². The van der Waals surface area contributed by atoms with Crippen LogP contribution in [0.15, 0.2) is 36.5 Å². The van der Waals surface area contributed by atoms with E-state index in [4.69, 9.17) is 16.7 Å². The van der Waals surface area contributed by atoms with Crippen LogP contribution in [0.1, 0.15) is 20.7 Å². The molecule has 0 unspecified atom stereocenters. The molecule has 1 aromatic heterocycles. The average molecular weight is 293 g/mol. The maximum Gasteiger partial charge on any atom is 0.339 e. The Balaban J connectivity index is 2.28. The Morgan fingerprint density at radius 3 is 2.65 bits per heavy atom. The van der Waals surface area contributed by atoms with Crippen LogP contribution in [0.2, 0.25) is 5.02 Å². The van der Waals surface area contributed by atoms with Gasteiger partial charge in [-0.15, -0.1) is 0 Å². The fourth-order valence-electron chi connectivity index (χ4n) is 1.51. The number of carbonyl (C=O) groups is 2. The van der Waals surface area contributed by atoms with Gasteiger partial charge in [0.2, 0.25) is 0 Å². The molecule has 0 radical (unpaired) electrons. The van der Waals surface area contributed by atoms with Gasteiger partial charge in [0.05, 0.1) is 5.02 Å². The van der Waals surface area contributed by atoms with E-state index < -0.39 is 11.9 Å². The number of carboxylic acid groups (broad SMARTS) is 1. The molecule has 7 heteroatoms. The van der Waals surface area contributed by atoms with Gasteiger partial charge < -0.3 is 15.5 Å². The van der Waals surface area contributed by atoms with E-state index in [9.17, 15) is 14.7 Å². The second-order valence-electron chi connectivity index (χ2n) is 3.83. The molecule has 2 rings (SSSR count). The summed E-state index contributed by atoms with van der Waals surface area (Å²) in [6.07, 6.45) is 1.37. The molecule has 0 spiro atoms. The molecule has 102 valence electrons. The molecule has 0 aliphatic carbocycles. The second kappa shape index (κ2) is 5.58. The highest BCUT2D eigenvalue weighted by Crippen LogP contribution is 2.24. The summed E-state index contributed by atoms with van der Waals surface area (Å²) in [7, 11) is 0. The number of hydrogen-bond acceptors (Lipinski definition) is 4. The molecule has 0 aliphatic rings. The van der Waals surface area contributed by atoms with Gasteiger partial charge in [0, 0.05) is 11.8 Å². The average Bonchev–Trinajstić information content (AvgIpc) is 2.42. The Labute approximate surface area is 118 Å². The number of aromatic hydroxyl groups is 1. The number of carbonyl (C=O) groups excluding carboxylic acids is 1. The molecule has 0 fully saturated rings. The van der Waals surface area contributed by atoms with Crippen molar-refractivity contribution in [2.45, 2.75) is 0 Å². The van der Waals surface area contributed by atoms with Crippen molar-refractivity contribution < 1.29 is 19.8 Å². The fraction of sp³-hybridized carbons (Fsp3) is 0. The lowest BCUT2D eigenvalue weighted by atomic mass is 10.2. The molecule has 0 bridgehead atoms. The van der Waals surface area contributed by atoms with Gasteiger partial charge in [-0.3, -0.25) is 4.79 Å². The van der Waals surface area contributed by atoms with E-state index in [0.29, 0.717) is 0 Å². The van der Waals surface area contributed by atoms with Gasteiger partial charge in [-0.05, 0) is 30.3 Å². The molecule has 1 heterocycles. The number of carboxylic acids is 1. The number of aromatic nitrogens is 1. The highest BCUT2D eigenvalue weighted by Gasteiger charge is 2.15. The fourth-order valence-corrected chi connectivity index (χ4v) is 1.69. The number of phenols is 1. The summed E-state index contributed by atoms with van der Waals surface area (Å²) in [4.78, 5) is 26.8. The van der Waals surface area contributed by atoms with Gasteiger partial charge in [0.15, 0.2) is 0 Å². The van der Waals surface area contributed by atoms with Gasteiger partial charge in [-0.2, -0.15) is 0 Å². The molecule has 0 saturated carbocycles. The van der Waals surface area contributed by atoms with Crippen molar-refractivity contribution in [1.29, 1.82) is 0 Å². The number of phenolic OH excluding ortho intramolecular Hbond substituents is 1. The molecule has 1 amide bonds. The highest BCUT2D eigenvalue weighted by atomic mass is 35.5. The van der Waals surface area contributed by atoms with Crippen LogP contribution < -0.4 is 5.32 Å². The lowest BCUT2D eigenvalue weighted by molar-refractivity contribution is 0.0697. The van der Waals surface area contributed by atoms with Crippen LogP contribution in [-0.2, 0) is 0 Å². The van der Waals surface area contributed by atoms with E-state index in [-0.39, 0.29) is 27.7 Å². The zero-order chi connectivity index (χ0) is 14.7. The van der Waals surface area contributed by atoms with E-state index in [1.165, 1.54) is 36.5 Å². The summed E-state index contributed by atoms with van der Waals surface area (Å²) >= 11 is 5.70. The van der Waals surface area contributed by atoms with Gasteiger partial charge in [0.25, 0.3) is 5.91 Å². The zero-order valence-electron chi connectivity index (χ0n) is 10.0. The number of pyridine rings is 1. The molecule has 20 heavy (non-hydrogen) atoms. The first-order valence-electron chi connectivity index (χ1n) is 5.47. The van der Waals surface area contributed by atoms with Crippen molar-refractivity contribution >= 4 is 29.3 Å². The third-order valence-corrected chi connectivity index (χ3v) is 2.78. The minimum absolute atomic E-state index is 0.0251. The van der Waals surface area contributed by atoms with Gasteiger partial charge in [-0.1, -0.05) is 11.6 Å². The van der Waals surface area contributed by atoms with Crippen molar-refractivity contribution in [2.75, 3.05) is 5.32 Å². The predicted octanol–water partition coefficient (Wildman–Crippen LogP) is 2.39. The van der Waals surface area contributed by atoms with E-state index in [2.05, 4.69) is 10.3 Å². The molecule has 0 saturated heterocycles. The molecule has 1 aromatic carbocycles. The Morgan fingerprint density at radius 2 is 2.00 bits per heavy atom. The van der Waals surface area contributed by atoms with Crippen LogP contribution in [0.3, 0.4) is 0 Å². The number of amides is 1. The van der Waals surface area contributed by atoms with E-state index in [0.717, 1.165) is 0 Å². The molecular weight excluding hydrogens is 284 g/mol. The minimum Gasteiger partial charge on any atom is -0.506 e. The Hall–Kier alpha value is -2.60. The van der Waals surface area contributed by atoms with Gasteiger partial charge in [-0.25, -0.2) is 9.78 Å². The third kappa shape index (κ3) is 2.86. The third-order valence-electron chi connectivity index (χ3n) is 2.48. The summed E-state index contributed by atoms with van der Waals surface area (Å²) in [6, 6.07) is 6.69. The Bertz CT molecular complexity index is 688. The second-order valence-corrected chi connectivity index (χ2v) is 4.23. The summed E-state index contributed by atoms with van der Waals surface area (Å²) in [6.45, 7) is 0. The van der Waals surface area contributed by atoms with Crippen molar-refractivity contribution in [1.82, 2.24) is 4.98 Å². The first-order chi connectivity index (χ1) is 9.49. The Kier molecular flexibility index (Phi) is 3.86. The Morgan fingerprint density at radius 1 is 1.25 bits per heavy atom. The summed E-state index contributed by atoms with van der Waals surface area (Å²) in [5.74, 6) is -1.98. The van der Waals surface area contributed by atoms with Crippen LogP contribution in [0.25, 0.3) is 0 Å². The van der Waals surface area contributed by atoms with E-state index in [1.807, 2.05) is 0 Å². The van der Waals surface area contributed by atoms with E-state index >= 15 is 0 Å². The quantitative estimate of drug-likeness (QED) is 0.806. The molecule has 0 aliphatic heterocycles. The number of halogens is 1. The maximum absolute atomic E-state index is 12.0. The lowest BCUT2D eigenvalue weighted by Crippen LogP contribution is -2.16. The van der Waals surface area contributed by atoms with Crippen molar-refractivity contribution in [3.63, 3.8) is 0 Å². The largest absolute Gasteiger partial charge is 0.506 e. The number of nitrogens with zero attached hydrogens (tertiary/aromatic N) is 1.